The Hall–Kier alpha value is -2.08. The highest BCUT2D eigenvalue weighted by molar-refractivity contribution is 7.99. The van der Waals surface area contributed by atoms with Crippen LogP contribution in [0.4, 0.5) is 4.39 Å². The number of thioether (sulfide) groups is 1. The lowest BCUT2D eigenvalue weighted by molar-refractivity contribution is -0.910. The number of aromatic nitrogens is 2. The fourth-order valence-corrected chi connectivity index (χ4v) is 12.2. The van der Waals surface area contributed by atoms with Gasteiger partial charge >= 0.3 is 0 Å². The zero-order valence-corrected chi connectivity index (χ0v) is 28.7. The summed E-state index contributed by atoms with van der Waals surface area (Å²) in [6.45, 7) is 8.71. The van der Waals surface area contributed by atoms with Crippen molar-refractivity contribution in [3.8, 4) is 5.69 Å². The fraction of sp³-hybridized carbons (Fsp3) is 0.676. The average molecular weight is 667 g/mol. The summed E-state index contributed by atoms with van der Waals surface area (Å²) in [5.74, 6) is 2.13. The molecule has 8 nitrogen and oxygen atoms in total. The molecule has 2 saturated heterocycles. The molecule has 5 fully saturated rings. The predicted octanol–water partition coefficient (Wildman–Crippen LogP) is 3.75. The zero-order valence-electron chi connectivity index (χ0n) is 27.8. The lowest BCUT2D eigenvalue weighted by Gasteiger charge is -2.60. The molecule has 1 aromatic heterocycles. The first-order valence-electron chi connectivity index (χ1n) is 17.8. The van der Waals surface area contributed by atoms with E-state index in [1.165, 1.54) is 10.5 Å². The normalized spacial score (nSPS) is 39.4. The number of nitrogens with zero attached hydrogens (tertiary/aromatic N) is 2. The van der Waals surface area contributed by atoms with Gasteiger partial charge in [0.1, 0.15) is 19.0 Å². The summed E-state index contributed by atoms with van der Waals surface area (Å²) in [7, 11) is 0. The van der Waals surface area contributed by atoms with Gasteiger partial charge in [0.25, 0.3) is 0 Å². The smallest absolute Gasteiger partial charge is 0.193 e. The molecule has 0 amide bonds. The summed E-state index contributed by atoms with van der Waals surface area (Å²) in [5, 5.41) is 27.1. The van der Waals surface area contributed by atoms with Crippen LogP contribution < -0.4 is 4.90 Å². The first-order valence-corrected chi connectivity index (χ1v) is 18.9. The number of hydrogen-bond acceptors (Lipinski definition) is 7. The van der Waals surface area contributed by atoms with Crippen molar-refractivity contribution in [2.45, 2.75) is 96.4 Å². The summed E-state index contributed by atoms with van der Waals surface area (Å²) >= 11 is 1.97. The summed E-state index contributed by atoms with van der Waals surface area (Å²) < 4.78 is 29.9. The topological polar surface area (TPSA) is 98.2 Å². The van der Waals surface area contributed by atoms with E-state index in [9.17, 15) is 19.4 Å². The summed E-state index contributed by atoms with van der Waals surface area (Å²) in [6, 6.07) is 5.39. The molecular formula is C37H49FN3O5S+. The van der Waals surface area contributed by atoms with E-state index in [-0.39, 0.29) is 34.8 Å². The van der Waals surface area contributed by atoms with Crippen molar-refractivity contribution in [3.63, 3.8) is 0 Å². The van der Waals surface area contributed by atoms with Crippen LogP contribution in [0.2, 0.25) is 0 Å². The lowest BCUT2D eigenvalue weighted by Crippen LogP contribution is -3.12. The molecule has 0 unspecified atom stereocenters. The number of halogens is 1. The Kier molecular flexibility index (Phi) is 8.05. The Morgan fingerprint density at radius 3 is 2.83 bits per heavy atom. The predicted molar refractivity (Wildman–Crippen MR) is 178 cm³/mol. The van der Waals surface area contributed by atoms with Gasteiger partial charge in [-0.15, -0.1) is 0 Å². The molecule has 2 aliphatic heterocycles. The fourth-order valence-electron chi connectivity index (χ4n) is 11.1. The van der Waals surface area contributed by atoms with Crippen molar-refractivity contribution in [1.29, 1.82) is 0 Å². The van der Waals surface area contributed by atoms with Crippen LogP contribution in [0, 0.1) is 34.4 Å². The molecule has 6 aliphatic rings. The Morgan fingerprint density at radius 1 is 1.26 bits per heavy atom. The molecule has 0 spiro atoms. The number of fused-ring (bicyclic) bond motifs is 8. The second kappa shape index (κ2) is 11.8. The van der Waals surface area contributed by atoms with Gasteiger partial charge in [0.2, 0.25) is 0 Å². The molecule has 0 radical (unpaired) electrons. The molecule has 0 bridgehead atoms. The third kappa shape index (κ3) is 4.72. The van der Waals surface area contributed by atoms with Gasteiger partial charge in [0.15, 0.2) is 17.7 Å². The van der Waals surface area contributed by atoms with E-state index in [4.69, 9.17) is 14.6 Å². The first kappa shape index (κ1) is 32.1. The van der Waals surface area contributed by atoms with E-state index >= 15 is 0 Å². The van der Waals surface area contributed by atoms with E-state index in [1.54, 1.807) is 6.07 Å². The van der Waals surface area contributed by atoms with Crippen LogP contribution >= 0.6 is 11.8 Å². The van der Waals surface area contributed by atoms with Gasteiger partial charge in [-0.3, -0.25) is 4.79 Å². The molecule has 3 saturated carbocycles. The van der Waals surface area contributed by atoms with Crippen LogP contribution in [0.3, 0.4) is 0 Å². The van der Waals surface area contributed by atoms with Gasteiger partial charge in [0.05, 0.1) is 42.9 Å². The quantitative estimate of drug-likeness (QED) is 0.415. The van der Waals surface area contributed by atoms with Crippen molar-refractivity contribution in [3.05, 3.63) is 52.6 Å². The van der Waals surface area contributed by atoms with Crippen molar-refractivity contribution < 1.29 is 33.8 Å². The summed E-state index contributed by atoms with van der Waals surface area (Å²) in [6.07, 6.45) is 8.07. The molecule has 3 heterocycles. The maximum absolute atomic E-state index is 15.0. The van der Waals surface area contributed by atoms with Gasteiger partial charge in [0, 0.05) is 22.5 Å². The van der Waals surface area contributed by atoms with Crippen LogP contribution in [0.5, 0.6) is 0 Å². The van der Waals surface area contributed by atoms with Crippen molar-refractivity contribution in [2.24, 2.45) is 28.6 Å². The van der Waals surface area contributed by atoms with Crippen LogP contribution in [0.15, 0.2) is 30.0 Å². The number of Topliss-reactive ketones (excluding diaryl/α,β-unsaturated/α-hetero) is 1. The number of rotatable bonds is 7. The number of carbonyl (C=O) groups is 1. The van der Waals surface area contributed by atoms with Gasteiger partial charge in [-0.25, -0.2) is 9.07 Å². The summed E-state index contributed by atoms with van der Waals surface area (Å²) in [4.78, 5) is 15.0. The zero-order chi connectivity index (χ0) is 32.7. The number of aliphatic hydroxyl groups excluding tert-OH is 2. The highest BCUT2D eigenvalue weighted by Gasteiger charge is 2.75. The van der Waals surface area contributed by atoms with Gasteiger partial charge in [-0.2, -0.15) is 16.9 Å². The van der Waals surface area contributed by atoms with Crippen molar-refractivity contribution in [2.75, 3.05) is 31.2 Å². The van der Waals surface area contributed by atoms with Gasteiger partial charge < -0.3 is 24.6 Å². The second-order valence-electron chi connectivity index (χ2n) is 15.6. The number of carbonyl (C=O) groups excluding carboxylic acids is 1. The Bertz CT molecular complexity index is 1590. The number of quaternary nitrogens is 1. The maximum atomic E-state index is 15.0. The molecule has 8 rings (SSSR count). The minimum atomic E-state index is -1.22. The number of hydrogen-bond donors (Lipinski definition) is 3. The van der Waals surface area contributed by atoms with Crippen molar-refractivity contribution in [1.82, 2.24) is 9.78 Å². The molecule has 4 aliphatic carbocycles. The van der Waals surface area contributed by atoms with Crippen LogP contribution in [0.1, 0.15) is 76.1 Å². The third-order valence-electron chi connectivity index (χ3n) is 13.2. The molecule has 3 N–H and O–H groups in total. The molecule has 254 valence electrons. The minimum absolute atomic E-state index is 0.0201. The molecular weight excluding hydrogens is 617 g/mol. The van der Waals surface area contributed by atoms with Crippen LogP contribution in [0.25, 0.3) is 11.8 Å². The Morgan fingerprint density at radius 2 is 2.06 bits per heavy atom. The third-order valence-corrected chi connectivity index (χ3v) is 14.2. The molecule has 1 aromatic carbocycles. The highest BCUT2D eigenvalue weighted by Crippen LogP contribution is 2.70. The number of ketones is 1. The average Bonchev–Trinajstić information content (AvgIpc) is 3.70. The number of benzene rings is 1. The SMILES string of the molecule is CCC[C@H]1O[C@@H]2C[C@H]3[C@@H]4CCC5=Cc6c(cnn6-c6ccc(F)c(C[NH+]7CCSCC7)c6)C[C@]5(C)[C@H]4[C@@H](O)C[C@]3(C)[C@]2(C(=O)CO)O1. The Balaban J connectivity index is 1.09. The highest BCUT2D eigenvalue weighted by atomic mass is 32.2. The number of nitrogens with one attached hydrogen (secondary N) is 1. The van der Waals surface area contributed by atoms with Crippen LogP contribution in [-0.4, -0.2) is 81.1 Å². The monoisotopic (exact) mass is 666 g/mol. The number of ether oxygens (including phenoxy) is 2. The van der Waals surface area contributed by atoms with E-state index in [1.807, 2.05) is 34.8 Å². The second-order valence-corrected chi connectivity index (χ2v) is 16.8. The largest absolute Gasteiger partial charge is 0.393 e. The van der Waals surface area contributed by atoms with E-state index in [0.717, 1.165) is 72.8 Å². The molecule has 9 atom stereocenters. The summed E-state index contributed by atoms with van der Waals surface area (Å²) in [5.41, 5.74) is 3.05. The molecule has 47 heavy (non-hydrogen) atoms. The standard InChI is InChI=1S/C37H48FN3O5S/c1-4-5-33-45-32-16-27-26-8-6-24-15-29-23(17-35(24,2)34(26)30(43)18-36(27,3)37(32,46-33)31(44)21-42)19-39-41(29)25-7-9-28(38)22(14-25)20-40-10-12-47-13-11-40/h7,9,14-15,19,26-27,30,32-34,42-43H,4-6,8,10-13,16-18,20-21H2,1-3H3/p+1/t26-,27-,30-,32+,33-,34+,35-,36-,37+/m0/s1. The number of aliphatic hydroxyl groups is 2. The van der Waals surface area contributed by atoms with Gasteiger partial charge in [-0.1, -0.05) is 32.8 Å². The minimum Gasteiger partial charge on any atom is -0.393 e. The first-order chi connectivity index (χ1) is 22.6. The molecule has 10 heteroatoms. The van der Waals surface area contributed by atoms with Gasteiger partial charge in [-0.05, 0) is 91.5 Å². The van der Waals surface area contributed by atoms with Crippen LogP contribution in [-0.2, 0) is 27.2 Å². The van der Waals surface area contributed by atoms with E-state index in [0.29, 0.717) is 25.8 Å². The maximum Gasteiger partial charge on any atom is 0.193 e. The van der Waals surface area contributed by atoms with E-state index in [2.05, 4.69) is 26.8 Å². The Labute approximate surface area is 281 Å². The number of allylic oxidation sites excluding steroid dienone is 1. The van der Waals surface area contributed by atoms with E-state index < -0.39 is 36.1 Å². The van der Waals surface area contributed by atoms with Crippen molar-refractivity contribution >= 4 is 23.6 Å². The molecule has 2 aromatic rings. The lowest BCUT2D eigenvalue weighted by atomic mass is 9.45.